The van der Waals surface area contributed by atoms with Gasteiger partial charge in [-0.05, 0) is 25.7 Å². The minimum atomic E-state index is -0.162. The molecular weight excluding hydrogens is 278 g/mol. The van der Waals surface area contributed by atoms with Gasteiger partial charge < -0.3 is 14.2 Å². The second kappa shape index (κ2) is 8.81. The Labute approximate surface area is 133 Å². The fourth-order valence-corrected chi connectivity index (χ4v) is 2.95. The molecule has 1 amide bonds. The summed E-state index contributed by atoms with van der Waals surface area (Å²) in [6.45, 7) is 7.38. The van der Waals surface area contributed by atoms with Crippen LogP contribution in [0, 0.1) is 0 Å². The average molecular weight is 307 g/mol. The summed E-state index contributed by atoms with van der Waals surface area (Å²) in [5.74, 6) is 1.46. The maximum absolute atomic E-state index is 12.1. The normalized spacial score (nSPS) is 18.5. The lowest BCUT2D eigenvalue weighted by molar-refractivity contribution is 0.0895. The molecular formula is C17H29N3O2. The molecule has 0 aromatic carbocycles. The topological polar surface area (TPSA) is 47.4 Å². The Hall–Kier alpha value is -1.52. The van der Waals surface area contributed by atoms with E-state index in [-0.39, 0.29) is 6.09 Å². The van der Waals surface area contributed by atoms with E-state index in [1.54, 1.807) is 0 Å². The van der Waals surface area contributed by atoms with Gasteiger partial charge in [0.05, 0.1) is 6.61 Å². The number of ether oxygens (including phenoxy) is 1. The van der Waals surface area contributed by atoms with Crippen LogP contribution in [0.15, 0.2) is 12.4 Å². The number of aromatic nitrogens is 2. The van der Waals surface area contributed by atoms with Gasteiger partial charge in [-0.2, -0.15) is 0 Å². The lowest BCUT2D eigenvalue weighted by atomic mass is 9.97. The zero-order chi connectivity index (χ0) is 15.8. The number of piperidine rings is 1. The number of nitrogens with zero attached hydrogens (tertiary/aromatic N) is 3. The zero-order valence-corrected chi connectivity index (χ0v) is 14.0. The zero-order valence-electron chi connectivity index (χ0n) is 14.0. The Morgan fingerprint density at radius 2 is 2.18 bits per heavy atom. The summed E-state index contributed by atoms with van der Waals surface area (Å²) < 4.78 is 7.59. The number of imidazole rings is 1. The van der Waals surface area contributed by atoms with Crippen LogP contribution in [0.4, 0.5) is 4.79 Å². The molecule has 2 heterocycles. The van der Waals surface area contributed by atoms with Gasteiger partial charge in [-0.1, -0.05) is 26.7 Å². The molecule has 1 atom stereocenters. The largest absolute Gasteiger partial charge is 0.449 e. The van der Waals surface area contributed by atoms with Gasteiger partial charge in [0.1, 0.15) is 5.82 Å². The van der Waals surface area contributed by atoms with Crippen LogP contribution in [-0.4, -0.2) is 40.2 Å². The maximum Gasteiger partial charge on any atom is 0.409 e. The van der Waals surface area contributed by atoms with E-state index in [0.717, 1.165) is 51.1 Å². The Morgan fingerprint density at radius 3 is 2.95 bits per heavy atom. The number of hydrogen-bond donors (Lipinski definition) is 0. The standard InChI is InChI=1S/C17H29N3O2/c1-3-5-10-19-12-9-18-16(19)15-8-7-11-20(14-15)17(21)22-13-6-4-2/h9,12,15H,3-8,10-11,13-14H2,1-2H3. The minimum absolute atomic E-state index is 0.162. The van der Waals surface area contributed by atoms with Crippen molar-refractivity contribution in [3.05, 3.63) is 18.2 Å². The molecule has 0 bridgehead atoms. The van der Waals surface area contributed by atoms with E-state index < -0.39 is 0 Å². The van der Waals surface area contributed by atoms with Crippen molar-refractivity contribution in [1.82, 2.24) is 14.5 Å². The summed E-state index contributed by atoms with van der Waals surface area (Å²) in [4.78, 5) is 18.5. The van der Waals surface area contributed by atoms with Crippen molar-refractivity contribution in [2.75, 3.05) is 19.7 Å². The van der Waals surface area contributed by atoms with Crippen LogP contribution >= 0.6 is 0 Å². The number of carbonyl (C=O) groups is 1. The number of amides is 1. The number of likely N-dealkylation sites (tertiary alicyclic amines) is 1. The number of unbranched alkanes of at least 4 members (excludes halogenated alkanes) is 2. The third-order valence-corrected chi connectivity index (χ3v) is 4.27. The maximum atomic E-state index is 12.1. The van der Waals surface area contributed by atoms with Gasteiger partial charge in [-0.15, -0.1) is 0 Å². The summed E-state index contributed by atoms with van der Waals surface area (Å²) in [7, 11) is 0. The molecule has 2 rings (SSSR count). The van der Waals surface area contributed by atoms with Crippen molar-refractivity contribution in [3.8, 4) is 0 Å². The molecule has 1 aliphatic heterocycles. The molecule has 5 heteroatoms. The molecule has 0 radical (unpaired) electrons. The van der Waals surface area contributed by atoms with E-state index in [9.17, 15) is 4.79 Å². The molecule has 5 nitrogen and oxygen atoms in total. The third kappa shape index (κ3) is 4.49. The van der Waals surface area contributed by atoms with E-state index in [0.29, 0.717) is 12.5 Å². The Bertz CT molecular complexity index is 459. The molecule has 0 N–H and O–H groups in total. The average Bonchev–Trinajstić information content (AvgIpc) is 3.01. The molecule has 1 aliphatic rings. The SMILES string of the molecule is CCCCOC(=O)N1CCCC(c2nccn2CCCC)C1. The van der Waals surface area contributed by atoms with Gasteiger partial charge in [-0.25, -0.2) is 9.78 Å². The van der Waals surface area contributed by atoms with Crippen LogP contribution in [-0.2, 0) is 11.3 Å². The Balaban J connectivity index is 1.92. The van der Waals surface area contributed by atoms with Crippen molar-refractivity contribution in [2.24, 2.45) is 0 Å². The summed E-state index contributed by atoms with van der Waals surface area (Å²) in [6.07, 6.45) is 10.2. The molecule has 1 aromatic heterocycles. The fourth-order valence-electron chi connectivity index (χ4n) is 2.95. The lowest BCUT2D eigenvalue weighted by Crippen LogP contribution is -2.40. The number of carbonyl (C=O) groups excluding carboxylic acids is 1. The minimum Gasteiger partial charge on any atom is -0.449 e. The van der Waals surface area contributed by atoms with Crippen LogP contribution in [0.3, 0.4) is 0 Å². The van der Waals surface area contributed by atoms with E-state index in [1.165, 1.54) is 12.8 Å². The van der Waals surface area contributed by atoms with Gasteiger partial charge in [0.25, 0.3) is 0 Å². The van der Waals surface area contributed by atoms with Crippen molar-refractivity contribution >= 4 is 6.09 Å². The second-order valence-electron chi connectivity index (χ2n) is 6.09. The summed E-state index contributed by atoms with van der Waals surface area (Å²) in [6, 6.07) is 0. The van der Waals surface area contributed by atoms with Gasteiger partial charge in [0.15, 0.2) is 0 Å². The van der Waals surface area contributed by atoms with Gasteiger partial charge >= 0.3 is 6.09 Å². The predicted octanol–water partition coefficient (Wildman–Crippen LogP) is 3.80. The lowest BCUT2D eigenvalue weighted by Gasteiger charge is -2.32. The first-order chi connectivity index (χ1) is 10.8. The number of hydrogen-bond acceptors (Lipinski definition) is 3. The van der Waals surface area contributed by atoms with E-state index in [4.69, 9.17) is 4.74 Å². The summed E-state index contributed by atoms with van der Waals surface area (Å²) >= 11 is 0. The molecule has 0 aliphatic carbocycles. The number of aryl methyl sites for hydroxylation is 1. The van der Waals surface area contributed by atoms with E-state index in [2.05, 4.69) is 29.6 Å². The number of rotatable bonds is 7. The quantitative estimate of drug-likeness (QED) is 0.720. The van der Waals surface area contributed by atoms with Crippen molar-refractivity contribution < 1.29 is 9.53 Å². The first-order valence-corrected chi connectivity index (χ1v) is 8.69. The van der Waals surface area contributed by atoms with Crippen molar-refractivity contribution in [1.29, 1.82) is 0 Å². The highest BCUT2D eigenvalue weighted by Crippen LogP contribution is 2.26. The van der Waals surface area contributed by atoms with Crippen LogP contribution in [0.5, 0.6) is 0 Å². The Kier molecular flexibility index (Phi) is 6.74. The highest BCUT2D eigenvalue weighted by molar-refractivity contribution is 5.67. The molecule has 1 unspecified atom stereocenters. The third-order valence-electron chi connectivity index (χ3n) is 4.27. The van der Waals surface area contributed by atoms with Gasteiger partial charge in [0.2, 0.25) is 0 Å². The summed E-state index contributed by atoms with van der Waals surface area (Å²) in [5, 5.41) is 0. The smallest absolute Gasteiger partial charge is 0.409 e. The van der Waals surface area contributed by atoms with Crippen LogP contribution < -0.4 is 0 Å². The summed E-state index contributed by atoms with van der Waals surface area (Å²) in [5.41, 5.74) is 0. The van der Waals surface area contributed by atoms with E-state index in [1.807, 2.05) is 11.1 Å². The highest BCUT2D eigenvalue weighted by Gasteiger charge is 2.28. The molecule has 1 fully saturated rings. The molecule has 0 saturated carbocycles. The van der Waals surface area contributed by atoms with Crippen molar-refractivity contribution in [2.45, 2.75) is 64.8 Å². The second-order valence-corrected chi connectivity index (χ2v) is 6.09. The molecule has 1 aromatic rings. The molecule has 22 heavy (non-hydrogen) atoms. The first-order valence-electron chi connectivity index (χ1n) is 8.69. The van der Waals surface area contributed by atoms with Gasteiger partial charge in [-0.3, -0.25) is 0 Å². The van der Waals surface area contributed by atoms with Crippen LogP contribution in [0.2, 0.25) is 0 Å². The highest BCUT2D eigenvalue weighted by atomic mass is 16.6. The van der Waals surface area contributed by atoms with Crippen molar-refractivity contribution in [3.63, 3.8) is 0 Å². The Morgan fingerprint density at radius 1 is 1.36 bits per heavy atom. The molecule has 124 valence electrons. The van der Waals surface area contributed by atoms with Crippen LogP contribution in [0.1, 0.15) is 64.1 Å². The molecule has 1 saturated heterocycles. The van der Waals surface area contributed by atoms with E-state index >= 15 is 0 Å². The fraction of sp³-hybridized carbons (Fsp3) is 0.765. The van der Waals surface area contributed by atoms with Crippen LogP contribution in [0.25, 0.3) is 0 Å². The molecule has 0 spiro atoms. The first kappa shape index (κ1) is 16.8. The van der Waals surface area contributed by atoms with Gasteiger partial charge in [0, 0.05) is 37.9 Å². The monoisotopic (exact) mass is 307 g/mol. The predicted molar refractivity (Wildman–Crippen MR) is 86.9 cm³/mol.